The van der Waals surface area contributed by atoms with Gasteiger partial charge in [0.25, 0.3) is 0 Å². The first-order valence-corrected chi connectivity index (χ1v) is 5.40. The standard InChI is InChI=1S/C11H14N4O2.ClH/c1-12-9-3-2-8(6-13-9)15-11(17)7-4-10(16)14-5-7;/h2-3,6-7H,4-5H2,1H3,(H,12,13)(H,14,16)(H,15,17);1H. The summed E-state index contributed by atoms with van der Waals surface area (Å²) in [5, 5.41) is 8.25. The second-order valence-electron chi connectivity index (χ2n) is 3.88. The minimum absolute atomic E-state index is 0. The molecule has 18 heavy (non-hydrogen) atoms. The number of nitrogens with zero attached hydrogens (tertiary/aromatic N) is 1. The molecule has 6 nitrogen and oxygen atoms in total. The first kappa shape index (κ1) is 14.2. The molecule has 0 aliphatic carbocycles. The van der Waals surface area contributed by atoms with Gasteiger partial charge < -0.3 is 16.0 Å². The smallest absolute Gasteiger partial charge is 0.229 e. The molecule has 1 aromatic heterocycles. The van der Waals surface area contributed by atoms with E-state index in [2.05, 4.69) is 20.9 Å². The third kappa shape index (κ3) is 3.33. The zero-order valence-corrected chi connectivity index (χ0v) is 10.7. The molecule has 1 aliphatic rings. The lowest BCUT2D eigenvalue weighted by molar-refractivity contribution is -0.123. The number of pyridine rings is 1. The second-order valence-corrected chi connectivity index (χ2v) is 3.88. The van der Waals surface area contributed by atoms with Gasteiger partial charge in [0.05, 0.1) is 17.8 Å². The van der Waals surface area contributed by atoms with Crippen molar-refractivity contribution in [1.82, 2.24) is 10.3 Å². The molecule has 98 valence electrons. The van der Waals surface area contributed by atoms with Crippen LogP contribution in [-0.4, -0.2) is 30.4 Å². The lowest BCUT2D eigenvalue weighted by Crippen LogP contribution is -2.24. The Morgan fingerprint density at radius 3 is 2.78 bits per heavy atom. The van der Waals surface area contributed by atoms with Gasteiger partial charge in [-0.15, -0.1) is 12.4 Å². The monoisotopic (exact) mass is 270 g/mol. The van der Waals surface area contributed by atoms with Gasteiger partial charge in [-0.05, 0) is 12.1 Å². The van der Waals surface area contributed by atoms with Crippen LogP contribution in [0.15, 0.2) is 18.3 Å². The molecule has 2 heterocycles. The molecule has 1 unspecified atom stereocenters. The number of aromatic nitrogens is 1. The van der Waals surface area contributed by atoms with E-state index in [0.717, 1.165) is 5.82 Å². The van der Waals surface area contributed by atoms with Gasteiger partial charge in [-0.2, -0.15) is 0 Å². The summed E-state index contributed by atoms with van der Waals surface area (Å²) in [6, 6.07) is 3.54. The topological polar surface area (TPSA) is 83.1 Å². The number of anilines is 2. The summed E-state index contributed by atoms with van der Waals surface area (Å²) in [5.41, 5.74) is 0.633. The fourth-order valence-electron chi connectivity index (χ4n) is 1.65. The largest absolute Gasteiger partial charge is 0.373 e. The van der Waals surface area contributed by atoms with E-state index in [1.807, 2.05) is 0 Å². The number of halogens is 1. The van der Waals surface area contributed by atoms with Crippen molar-refractivity contribution in [3.63, 3.8) is 0 Å². The Labute approximate surface area is 111 Å². The Morgan fingerprint density at radius 1 is 1.50 bits per heavy atom. The maximum absolute atomic E-state index is 11.8. The van der Waals surface area contributed by atoms with Crippen molar-refractivity contribution >= 4 is 35.7 Å². The number of carbonyl (C=O) groups excluding carboxylic acids is 2. The molecular formula is C11H15ClN4O2. The summed E-state index contributed by atoms with van der Waals surface area (Å²) in [6.45, 7) is 0.409. The summed E-state index contributed by atoms with van der Waals surface area (Å²) >= 11 is 0. The lowest BCUT2D eigenvalue weighted by atomic mass is 10.1. The van der Waals surface area contributed by atoms with Crippen molar-refractivity contribution < 1.29 is 9.59 Å². The van der Waals surface area contributed by atoms with Crippen LogP contribution >= 0.6 is 12.4 Å². The Balaban J connectivity index is 0.00000162. The summed E-state index contributed by atoms with van der Waals surface area (Å²) in [5.74, 6) is 0.225. The van der Waals surface area contributed by atoms with Crippen LogP contribution in [0.1, 0.15) is 6.42 Å². The highest BCUT2D eigenvalue weighted by Gasteiger charge is 2.27. The maximum Gasteiger partial charge on any atom is 0.229 e. The van der Waals surface area contributed by atoms with Gasteiger partial charge in [0.1, 0.15) is 5.82 Å². The number of hydrogen-bond acceptors (Lipinski definition) is 4. The minimum Gasteiger partial charge on any atom is -0.373 e. The molecular weight excluding hydrogens is 256 g/mol. The van der Waals surface area contributed by atoms with E-state index in [9.17, 15) is 9.59 Å². The first-order valence-electron chi connectivity index (χ1n) is 5.40. The average molecular weight is 271 g/mol. The number of amides is 2. The van der Waals surface area contributed by atoms with Crippen LogP contribution in [0.2, 0.25) is 0 Å². The number of hydrogen-bond donors (Lipinski definition) is 3. The molecule has 1 saturated heterocycles. The van der Waals surface area contributed by atoms with Crippen LogP contribution < -0.4 is 16.0 Å². The van der Waals surface area contributed by atoms with Crippen molar-refractivity contribution in [2.24, 2.45) is 5.92 Å². The highest BCUT2D eigenvalue weighted by atomic mass is 35.5. The fourth-order valence-corrected chi connectivity index (χ4v) is 1.65. The SMILES string of the molecule is CNc1ccc(NC(=O)C2CNC(=O)C2)cn1.Cl. The Kier molecular flexibility index (Phi) is 4.91. The summed E-state index contributed by atoms with van der Waals surface area (Å²) in [7, 11) is 1.77. The molecule has 0 saturated carbocycles. The Morgan fingerprint density at radius 2 is 2.28 bits per heavy atom. The van der Waals surface area contributed by atoms with E-state index < -0.39 is 0 Å². The maximum atomic E-state index is 11.8. The van der Waals surface area contributed by atoms with Gasteiger partial charge in [-0.3, -0.25) is 9.59 Å². The second kappa shape index (κ2) is 6.20. The van der Waals surface area contributed by atoms with Crippen molar-refractivity contribution in [2.45, 2.75) is 6.42 Å². The number of carbonyl (C=O) groups is 2. The quantitative estimate of drug-likeness (QED) is 0.752. The van der Waals surface area contributed by atoms with Crippen molar-refractivity contribution in [3.8, 4) is 0 Å². The van der Waals surface area contributed by atoms with E-state index in [1.54, 1.807) is 25.4 Å². The van der Waals surface area contributed by atoms with E-state index in [-0.39, 0.29) is 36.6 Å². The van der Waals surface area contributed by atoms with E-state index in [1.165, 1.54) is 0 Å². The highest BCUT2D eigenvalue weighted by molar-refractivity contribution is 5.97. The molecule has 2 rings (SSSR count). The predicted octanol–water partition coefficient (Wildman–Crippen LogP) is 0.620. The van der Waals surface area contributed by atoms with Gasteiger partial charge in [0, 0.05) is 20.0 Å². The molecule has 7 heteroatoms. The molecule has 0 bridgehead atoms. The number of nitrogens with one attached hydrogen (secondary N) is 3. The fraction of sp³-hybridized carbons (Fsp3) is 0.364. The first-order chi connectivity index (χ1) is 8.19. The van der Waals surface area contributed by atoms with Crippen LogP contribution in [0, 0.1) is 5.92 Å². The summed E-state index contributed by atoms with van der Waals surface area (Å²) < 4.78 is 0. The van der Waals surface area contributed by atoms with Crippen LogP contribution in [0.25, 0.3) is 0 Å². The zero-order chi connectivity index (χ0) is 12.3. The van der Waals surface area contributed by atoms with Crippen molar-refractivity contribution in [2.75, 3.05) is 24.2 Å². The predicted molar refractivity (Wildman–Crippen MR) is 70.8 cm³/mol. The summed E-state index contributed by atoms with van der Waals surface area (Å²) in [6.07, 6.45) is 1.84. The zero-order valence-electron chi connectivity index (χ0n) is 9.90. The number of rotatable bonds is 3. The summed E-state index contributed by atoms with van der Waals surface area (Å²) in [4.78, 5) is 26.8. The van der Waals surface area contributed by atoms with Crippen molar-refractivity contribution in [3.05, 3.63) is 18.3 Å². The van der Waals surface area contributed by atoms with Gasteiger partial charge in [-0.1, -0.05) is 0 Å². The van der Waals surface area contributed by atoms with Crippen LogP contribution in [-0.2, 0) is 9.59 Å². The third-order valence-electron chi connectivity index (χ3n) is 2.64. The Hall–Kier alpha value is -1.82. The molecule has 3 N–H and O–H groups in total. The van der Waals surface area contributed by atoms with Gasteiger partial charge >= 0.3 is 0 Å². The van der Waals surface area contributed by atoms with Crippen LogP contribution in [0.3, 0.4) is 0 Å². The van der Waals surface area contributed by atoms with E-state index in [4.69, 9.17) is 0 Å². The molecule has 0 aromatic carbocycles. The van der Waals surface area contributed by atoms with E-state index >= 15 is 0 Å². The molecule has 1 fully saturated rings. The van der Waals surface area contributed by atoms with Crippen molar-refractivity contribution in [1.29, 1.82) is 0 Å². The van der Waals surface area contributed by atoms with Gasteiger partial charge in [-0.25, -0.2) is 4.98 Å². The highest BCUT2D eigenvalue weighted by Crippen LogP contribution is 2.14. The molecule has 2 amide bonds. The molecule has 1 aliphatic heterocycles. The van der Waals surface area contributed by atoms with Gasteiger partial charge in [0.2, 0.25) is 11.8 Å². The van der Waals surface area contributed by atoms with Gasteiger partial charge in [0.15, 0.2) is 0 Å². The minimum atomic E-state index is -0.286. The van der Waals surface area contributed by atoms with Crippen LogP contribution in [0.4, 0.5) is 11.5 Å². The van der Waals surface area contributed by atoms with E-state index in [0.29, 0.717) is 12.2 Å². The van der Waals surface area contributed by atoms with Crippen LogP contribution in [0.5, 0.6) is 0 Å². The normalized spacial score (nSPS) is 17.6. The molecule has 1 atom stereocenters. The average Bonchev–Trinajstić information content (AvgIpc) is 2.77. The molecule has 0 radical (unpaired) electrons. The third-order valence-corrected chi connectivity index (χ3v) is 2.64. The lowest BCUT2D eigenvalue weighted by Gasteiger charge is -2.09. The molecule has 0 spiro atoms. The Bertz CT molecular complexity index is 435. The molecule has 1 aromatic rings.